The molecule has 2 heterocycles. The van der Waals surface area contributed by atoms with Crippen molar-refractivity contribution in [2.24, 2.45) is 4.99 Å². The molecule has 0 aliphatic heterocycles. The van der Waals surface area contributed by atoms with Crippen LogP contribution in [0.25, 0.3) is 11.0 Å². The maximum Gasteiger partial charge on any atom is 0.226 e. The summed E-state index contributed by atoms with van der Waals surface area (Å²) in [5.74, 6) is 3.26. The molecular weight excluding hydrogens is 481 g/mol. The van der Waals surface area contributed by atoms with Crippen molar-refractivity contribution in [2.45, 2.75) is 46.6 Å². The number of aromatic nitrogens is 4. The minimum atomic E-state index is 0. The number of para-hydroxylation sites is 2. The van der Waals surface area contributed by atoms with Gasteiger partial charge in [-0.2, -0.15) is 4.98 Å². The first-order valence-corrected chi connectivity index (χ1v) is 9.90. The van der Waals surface area contributed by atoms with E-state index in [4.69, 9.17) is 4.52 Å². The van der Waals surface area contributed by atoms with Gasteiger partial charge in [0.2, 0.25) is 5.89 Å². The van der Waals surface area contributed by atoms with Gasteiger partial charge in [0.15, 0.2) is 11.8 Å². The third-order valence-corrected chi connectivity index (χ3v) is 4.43. The molecule has 158 valence electrons. The van der Waals surface area contributed by atoms with E-state index in [-0.39, 0.29) is 24.0 Å². The second-order valence-corrected chi connectivity index (χ2v) is 6.68. The molecule has 3 rings (SSSR count). The second-order valence-electron chi connectivity index (χ2n) is 6.68. The van der Waals surface area contributed by atoms with Gasteiger partial charge in [0.1, 0.15) is 5.82 Å². The number of hydrogen-bond acceptors (Lipinski definition) is 5. The summed E-state index contributed by atoms with van der Waals surface area (Å²) < 4.78 is 7.39. The van der Waals surface area contributed by atoms with E-state index in [0.29, 0.717) is 11.7 Å². The minimum Gasteiger partial charge on any atom is -0.357 e. The average molecular weight is 511 g/mol. The summed E-state index contributed by atoms with van der Waals surface area (Å²) in [6.45, 7) is 9.25. The SMILES string of the molecule is CCNC(=NCCCn1c(C)nc2ccccc21)NCCCc1nc(C)no1.I. The Morgan fingerprint density at radius 3 is 2.72 bits per heavy atom. The molecule has 0 aliphatic rings. The van der Waals surface area contributed by atoms with Gasteiger partial charge in [-0.15, -0.1) is 24.0 Å². The minimum absolute atomic E-state index is 0. The molecule has 0 atom stereocenters. The summed E-state index contributed by atoms with van der Waals surface area (Å²) in [7, 11) is 0. The van der Waals surface area contributed by atoms with Gasteiger partial charge < -0.3 is 19.7 Å². The van der Waals surface area contributed by atoms with Crippen LogP contribution >= 0.6 is 24.0 Å². The van der Waals surface area contributed by atoms with Crippen molar-refractivity contribution in [2.75, 3.05) is 19.6 Å². The molecule has 0 radical (unpaired) electrons. The van der Waals surface area contributed by atoms with E-state index in [2.05, 4.69) is 67.4 Å². The molecule has 0 unspecified atom stereocenters. The van der Waals surface area contributed by atoms with E-state index in [1.165, 1.54) is 5.52 Å². The zero-order valence-corrected chi connectivity index (χ0v) is 19.6. The Bertz CT molecular complexity index is 919. The lowest BCUT2D eigenvalue weighted by molar-refractivity contribution is 0.372. The largest absolute Gasteiger partial charge is 0.357 e. The zero-order valence-electron chi connectivity index (χ0n) is 17.3. The zero-order chi connectivity index (χ0) is 19.8. The monoisotopic (exact) mass is 511 g/mol. The summed E-state index contributed by atoms with van der Waals surface area (Å²) in [5.41, 5.74) is 2.24. The maximum atomic E-state index is 5.13. The topological polar surface area (TPSA) is 93.2 Å². The Morgan fingerprint density at radius 2 is 1.97 bits per heavy atom. The van der Waals surface area contributed by atoms with Crippen molar-refractivity contribution in [3.63, 3.8) is 0 Å². The highest BCUT2D eigenvalue weighted by Gasteiger charge is 2.06. The van der Waals surface area contributed by atoms with Crippen LogP contribution in [0.2, 0.25) is 0 Å². The van der Waals surface area contributed by atoms with Gasteiger partial charge in [0.25, 0.3) is 0 Å². The molecule has 0 saturated heterocycles. The maximum absolute atomic E-state index is 5.13. The fourth-order valence-electron chi connectivity index (χ4n) is 3.13. The first-order chi connectivity index (χ1) is 13.7. The number of hydrogen-bond donors (Lipinski definition) is 2. The van der Waals surface area contributed by atoms with Gasteiger partial charge in [0.05, 0.1) is 11.0 Å². The van der Waals surface area contributed by atoms with E-state index >= 15 is 0 Å². The van der Waals surface area contributed by atoms with Crippen molar-refractivity contribution < 1.29 is 4.52 Å². The predicted molar refractivity (Wildman–Crippen MR) is 126 cm³/mol. The lowest BCUT2D eigenvalue weighted by Crippen LogP contribution is -2.38. The summed E-state index contributed by atoms with van der Waals surface area (Å²) in [5, 5.41) is 10.5. The number of aryl methyl sites for hydroxylation is 4. The van der Waals surface area contributed by atoms with Gasteiger partial charge in [-0.05, 0) is 45.7 Å². The molecule has 0 saturated carbocycles. The number of aliphatic imine (C=N–C) groups is 1. The highest BCUT2D eigenvalue weighted by molar-refractivity contribution is 14.0. The molecule has 0 bridgehead atoms. The van der Waals surface area contributed by atoms with Crippen molar-refractivity contribution in [1.82, 2.24) is 30.3 Å². The van der Waals surface area contributed by atoms with E-state index in [9.17, 15) is 0 Å². The first-order valence-electron chi connectivity index (χ1n) is 9.90. The lowest BCUT2D eigenvalue weighted by atomic mass is 10.3. The second kappa shape index (κ2) is 11.7. The molecule has 3 aromatic rings. The number of benzene rings is 1. The van der Waals surface area contributed by atoms with Crippen molar-refractivity contribution in [3.05, 3.63) is 41.8 Å². The standard InChI is InChI=1S/C20H29N7O.HI/c1-4-21-20(22-12-7-11-19-24-15(2)26-28-19)23-13-8-14-27-16(3)25-17-9-5-6-10-18(17)27;/h5-6,9-10H,4,7-8,11-14H2,1-3H3,(H2,21,22,23);1H. The Balaban J connectivity index is 0.00000300. The molecule has 0 fully saturated rings. The molecule has 29 heavy (non-hydrogen) atoms. The molecule has 0 aliphatic carbocycles. The normalized spacial score (nSPS) is 11.5. The lowest BCUT2D eigenvalue weighted by Gasteiger charge is -2.11. The molecule has 0 amide bonds. The first kappa shape index (κ1) is 23.1. The number of rotatable bonds is 9. The van der Waals surface area contributed by atoms with Crippen molar-refractivity contribution in [1.29, 1.82) is 0 Å². The van der Waals surface area contributed by atoms with Crippen molar-refractivity contribution in [3.8, 4) is 0 Å². The number of nitrogens with zero attached hydrogens (tertiary/aromatic N) is 5. The van der Waals surface area contributed by atoms with Crippen LogP contribution in [0.3, 0.4) is 0 Å². The molecule has 1 aromatic carbocycles. The molecule has 8 nitrogen and oxygen atoms in total. The fourth-order valence-corrected chi connectivity index (χ4v) is 3.13. The highest BCUT2D eigenvalue weighted by atomic mass is 127. The van der Waals surface area contributed by atoms with Gasteiger partial charge in [0, 0.05) is 32.6 Å². The van der Waals surface area contributed by atoms with Crippen molar-refractivity contribution >= 4 is 41.0 Å². The van der Waals surface area contributed by atoms with Gasteiger partial charge >= 0.3 is 0 Å². The third kappa shape index (κ3) is 6.69. The average Bonchev–Trinajstić information content (AvgIpc) is 3.24. The van der Waals surface area contributed by atoms with Crippen LogP contribution in [0, 0.1) is 13.8 Å². The predicted octanol–water partition coefficient (Wildman–Crippen LogP) is 3.23. The molecule has 0 spiro atoms. The number of fused-ring (bicyclic) bond motifs is 1. The Kier molecular flexibility index (Phi) is 9.36. The van der Waals surface area contributed by atoms with Gasteiger partial charge in [-0.1, -0.05) is 17.3 Å². The van der Waals surface area contributed by atoms with Crippen LogP contribution in [0.1, 0.15) is 37.3 Å². The van der Waals surface area contributed by atoms with E-state index in [1.54, 1.807) is 0 Å². The van der Waals surface area contributed by atoms with Gasteiger partial charge in [-0.25, -0.2) is 4.98 Å². The number of halogens is 1. The Morgan fingerprint density at radius 1 is 1.14 bits per heavy atom. The summed E-state index contributed by atoms with van der Waals surface area (Å²) in [6.07, 6.45) is 2.63. The van der Waals surface area contributed by atoms with E-state index < -0.39 is 0 Å². The van der Waals surface area contributed by atoms with Crippen LogP contribution in [-0.2, 0) is 13.0 Å². The Hall–Kier alpha value is -2.17. The summed E-state index contributed by atoms with van der Waals surface area (Å²) in [4.78, 5) is 13.5. The van der Waals surface area contributed by atoms with Crippen LogP contribution in [0.5, 0.6) is 0 Å². The number of nitrogens with one attached hydrogen (secondary N) is 2. The summed E-state index contributed by atoms with van der Waals surface area (Å²) >= 11 is 0. The number of imidazole rings is 1. The van der Waals surface area contributed by atoms with E-state index in [1.807, 2.05) is 13.0 Å². The van der Waals surface area contributed by atoms with Crippen LogP contribution in [-0.4, -0.2) is 45.3 Å². The fraction of sp³-hybridized carbons (Fsp3) is 0.500. The quantitative estimate of drug-likeness (QED) is 0.198. The molecule has 2 aromatic heterocycles. The van der Waals surface area contributed by atoms with Crippen LogP contribution in [0.4, 0.5) is 0 Å². The summed E-state index contributed by atoms with van der Waals surface area (Å²) in [6, 6.07) is 8.26. The van der Waals surface area contributed by atoms with Crippen LogP contribution < -0.4 is 10.6 Å². The highest BCUT2D eigenvalue weighted by Crippen LogP contribution is 2.15. The molecular formula is C20H30IN7O. The molecule has 9 heteroatoms. The smallest absolute Gasteiger partial charge is 0.226 e. The Labute approximate surface area is 188 Å². The van der Waals surface area contributed by atoms with Gasteiger partial charge in [-0.3, -0.25) is 4.99 Å². The van der Waals surface area contributed by atoms with E-state index in [0.717, 1.165) is 62.7 Å². The van der Waals surface area contributed by atoms with Crippen LogP contribution in [0.15, 0.2) is 33.8 Å². The molecule has 2 N–H and O–H groups in total. The number of guanidine groups is 1. The third-order valence-electron chi connectivity index (χ3n) is 4.43.